The van der Waals surface area contributed by atoms with Gasteiger partial charge in [0.25, 0.3) is 0 Å². The van der Waals surface area contributed by atoms with E-state index in [1.165, 1.54) is 18.4 Å². The number of hydrogen-bond acceptors (Lipinski definition) is 4. The molecule has 1 saturated carbocycles. The maximum atomic E-state index is 12.7. The lowest BCUT2D eigenvalue weighted by Gasteiger charge is -2.33. The lowest BCUT2D eigenvalue weighted by atomic mass is 9.91. The molecule has 1 aliphatic heterocycles. The number of likely N-dealkylation sites (tertiary alicyclic amines) is 1. The van der Waals surface area contributed by atoms with E-state index in [4.69, 9.17) is 4.74 Å². The second-order valence-electron chi connectivity index (χ2n) is 9.37. The van der Waals surface area contributed by atoms with Crippen molar-refractivity contribution < 1.29 is 9.53 Å². The van der Waals surface area contributed by atoms with Crippen LogP contribution in [0, 0.1) is 12.8 Å². The molecule has 1 aromatic carbocycles. The lowest BCUT2D eigenvalue weighted by Crippen LogP contribution is -2.42. The Morgan fingerprint density at radius 2 is 2.00 bits per heavy atom. The van der Waals surface area contributed by atoms with Gasteiger partial charge in [-0.3, -0.25) is 9.97 Å². The van der Waals surface area contributed by atoms with E-state index < -0.39 is 0 Å². The molecular weight excluding hydrogens is 424 g/mol. The van der Waals surface area contributed by atoms with Gasteiger partial charge in [0, 0.05) is 30.9 Å². The Hall–Kier alpha value is -3.67. The van der Waals surface area contributed by atoms with Crippen LogP contribution in [0.4, 0.5) is 10.5 Å². The van der Waals surface area contributed by atoms with Crippen LogP contribution in [0.3, 0.4) is 0 Å². The summed E-state index contributed by atoms with van der Waals surface area (Å²) in [6, 6.07) is 14.0. The molecule has 1 saturated heterocycles. The molecule has 5 rings (SSSR count). The van der Waals surface area contributed by atoms with Crippen LogP contribution in [0.5, 0.6) is 11.5 Å². The molecule has 0 spiro atoms. The maximum absolute atomic E-state index is 12.7. The van der Waals surface area contributed by atoms with Crippen molar-refractivity contribution in [3.63, 3.8) is 0 Å². The number of benzene rings is 1. The van der Waals surface area contributed by atoms with Crippen LogP contribution in [0.2, 0.25) is 0 Å². The highest BCUT2D eigenvalue weighted by Gasteiger charge is 2.25. The Balaban J connectivity index is 1.20. The van der Waals surface area contributed by atoms with Gasteiger partial charge in [0.1, 0.15) is 11.5 Å². The largest absolute Gasteiger partial charge is 0.456 e. The average molecular weight is 455 g/mol. The van der Waals surface area contributed by atoms with Gasteiger partial charge in [-0.1, -0.05) is 30.7 Å². The zero-order valence-corrected chi connectivity index (χ0v) is 19.7. The smallest absolute Gasteiger partial charge is 0.321 e. The SMILES string of the molecule is Cc1cncc(NC(=O)N2CC/C(=C\c3cccc(Oc4ccc(C5CC5)nc4)c3)C(C)C2)c1. The van der Waals surface area contributed by atoms with Crippen LogP contribution >= 0.6 is 0 Å². The minimum Gasteiger partial charge on any atom is -0.456 e. The number of ether oxygens (including phenoxy) is 1. The maximum Gasteiger partial charge on any atom is 0.321 e. The van der Waals surface area contributed by atoms with Gasteiger partial charge in [0.15, 0.2) is 0 Å². The summed E-state index contributed by atoms with van der Waals surface area (Å²) in [7, 11) is 0. The highest BCUT2D eigenvalue weighted by Crippen LogP contribution is 2.39. The van der Waals surface area contributed by atoms with Crippen molar-refractivity contribution >= 4 is 17.8 Å². The first-order valence-electron chi connectivity index (χ1n) is 12.0. The second kappa shape index (κ2) is 9.67. The number of piperidine rings is 1. The van der Waals surface area contributed by atoms with Crippen molar-refractivity contribution in [3.8, 4) is 11.5 Å². The number of hydrogen-bond donors (Lipinski definition) is 1. The van der Waals surface area contributed by atoms with E-state index in [0.29, 0.717) is 19.0 Å². The molecule has 2 aliphatic rings. The van der Waals surface area contributed by atoms with E-state index in [0.717, 1.165) is 40.4 Å². The van der Waals surface area contributed by atoms with Crippen LogP contribution in [0.25, 0.3) is 6.08 Å². The molecule has 2 fully saturated rings. The predicted octanol–water partition coefficient (Wildman–Crippen LogP) is 6.41. The molecule has 6 heteroatoms. The summed E-state index contributed by atoms with van der Waals surface area (Å²) in [4.78, 5) is 23.3. The topological polar surface area (TPSA) is 67.4 Å². The van der Waals surface area contributed by atoms with Crippen LogP contribution in [0.15, 0.2) is 66.6 Å². The van der Waals surface area contributed by atoms with Gasteiger partial charge in [0.05, 0.1) is 18.1 Å². The number of aromatic nitrogens is 2. The summed E-state index contributed by atoms with van der Waals surface area (Å²) < 4.78 is 6.05. The Morgan fingerprint density at radius 3 is 2.74 bits per heavy atom. The summed E-state index contributed by atoms with van der Waals surface area (Å²) in [6.07, 6.45) is 10.8. The highest BCUT2D eigenvalue weighted by atomic mass is 16.5. The van der Waals surface area contributed by atoms with Gasteiger partial charge in [-0.05, 0) is 73.6 Å². The molecule has 3 aromatic rings. The molecule has 2 aromatic heterocycles. The number of amides is 2. The van der Waals surface area contributed by atoms with E-state index >= 15 is 0 Å². The molecule has 3 heterocycles. The van der Waals surface area contributed by atoms with Crippen molar-refractivity contribution in [2.75, 3.05) is 18.4 Å². The van der Waals surface area contributed by atoms with E-state index in [2.05, 4.69) is 46.5 Å². The van der Waals surface area contributed by atoms with E-state index in [1.54, 1.807) is 12.4 Å². The van der Waals surface area contributed by atoms with E-state index in [-0.39, 0.29) is 11.9 Å². The number of pyridine rings is 2. The molecule has 34 heavy (non-hydrogen) atoms. The fourth-order valence-corrected chi connectivity index (χ4v) is 4.36. The van der Waals surface area contributed by atoms with Gasteiger partial charge in [-0.2, -0.15) is 0 Å². The van der Waals surface area contributed by atoms with Crippen LogP contribution in [-0.4, -0.2) is 34.0 Å². The monoisotopic (exact) mass is 454 g/mol. The molecule has 1 aliphatic carbocycles. The summed E-state index contributed by atoms with van der Waals surface area (Å²) >= 11 is 0. The Labute approximate surface area is 200 Å². The average Bonchev–Trinajstić information content (AvgIpc) is 3.67. The lowest BCUT2D eigenvalue weighted by molar-refractivity contribution is 0.198. The second-order valence-corrected chi connectivity index (χ2v) is 9.37. The predicted molar refractivity (Wildman–Crippen MR) is 134 cm³/mol. The number of anilines is 1. The fraction of sp³-hybridized carbons (Fsp3) is 0.321. The minimum absolute atomic E-state index is 0.0741. The summed E-state index contributed by atoms with van der Waals surface area (Å²) in [5.74, 6) is 2.47. The van der Waals surface area contributed by atoms with Crippen molar-refractivity contribution in [2.24, 2.45) is 5.92 Å². The summed E-state index contributed by atoms with van der Waals surface area (Å²) in [5, 5.41) is 2.96. The summed E-state index contributed by atoms with van der Waals surface area (Å²) in [6.45, 7) is 5.51. The molecule has 0 radical (unpaired) electrons. The highest BCUT2D eigenvalue weighted by molar-refractivity contribution is 5.89. The Morgan fingerprint density at radius 1 is 1.12 bits per heavy atom. The van der Waals surface area contributed by atoms with Crippen molar-refractivity contribution in [2.45, 2.75) is 39.0 Å². The fourth-order valence-electron chi connectivity index (χ4n) is 4.36. The first-order valence-corrected chi connectivity index (χ1v) is 12.0. The third-order valence-corrected chi connectivity index (χ3v) is 6.41. The van der Waals surface area contributed by atoms with Gasteiger partial charge in [0.2, 0.25) is 0 Å². The number of aryl methyl sites for hydroxylation is 1. The normalized spacial score (nSPS) is 19.2. The Kier molecular flexibility index (Phi) is 6.30. The number of nitrogens with one attached hydrogen (secondary N) is 1. The minimum atomic E-state index is -0.0741. The van der Waals surface area contributed by atoms with Gasteiger partial charge in [-0.15, -0.1) is 0 Å². The van der Waals surface area contributed by atoms with Gasteiger partial charge in [-0.25, -0.2) is 4.79 Å². The zero-order chi connectivity index (χ0) is 23.5. The van der Waals surface area contributed by atoms with Crippen molar-refractivity contribution in [1.29, 1.82) is 0 Å². The third kappa shape index (κ3) is 5.45. The molecule has 174 valence electrons. The number of carbonyl (C=O) groups excluding carboxylic acids is 1. The number of carbonyl (C=O) groups is 1. The van der Waals surface area contributed by atoms with Crippen LogP contribution in [-0.2, 0) is 0 Å². The standard InChI is InChI=1S/C28H30N4O2/c1-19-12-24(16-29-15-19)31-28(33)32-11-10-23(20(2)18-32)13-21-4-3-5-25(14-21)34-26-8-9-27(30-17-26)22-6-7-22/h3-5,8-9,12-17,20,22H,6-7,10-11,18H2,1-2H3,(H,31,33)/b23-13+. The molecule has 1 N–H and O–H groups in total. The van der Waals surface area contributed by atoms with Crippen molar-refractivity contribution in [1.82, 2.24) is 14.9 Å². The van der Waals surface area contributed by atoms with Crippen LogP contribution in [0.1, 0.15) is 48.9 Å². The molecule has 1 unspecified atom stereocenters. The number of nitrogens with zero attached hydrogens (tertiary/aromatic N) is 3. The molecular formula is C28H30N4O2. The van der Waals surface area contributed by atoms with Crippen LogP contribution < -0.4 is 10.1 Å². The molecule has 2 amide bonds. The molecule has 1 atom stereocenters. The number of rotatable bonds is 5. The quantitative estimate of drug-likeness (QED) is 0.484. The van der Waals surface area contributed by atoms with Crippen molar-refractivity contribution in [3.05, 3.63) is 83.4 Å². The third-order valence-electron chi connectivity index (χ3n) is 6.41. The first kappa shape index (κ1) is 22.1. The van der Waals surface area contributed by atoms with E-state index in [1.807, 2.05) is 42.3 Å². The first-order chi connectivity index (χ1) is 16.5. The van der Waals surface area contributed by atoms with Gasteiger partial charge < -0.3 is 15.0 Å². The zero-order valence-electron chi connectivity index (χ0n) is 19.7. The summed E-state index contributed by atoms with van der Waals surface area (Å²) in [5.41, 5.74) is 5.36. The molecule has 0 bridgehead atoms. The Bertz CT molecular complexity index is 1200. The van der Waals surface area contributed by atoms with E-state index in [9.17, 15) is 4.79 Å². The van der Waals surface area contributed by atoms with Gasteiger partial charge >= 0.3 is 6.03 Å². The number of urea groups is 1. The molecule has 6 nitrogen and oxygen atoms in total.